The molecule has 3 nitrogen and oxygen atoms in total. The first-order valence-electron chi connectivity index (χ1n) is 9.45. The van der Waals surface area contributed by atoms with Crippen molar-refractivity contribution in [3.63, 3.8) is 0 Å². The number of benzene rings is 3. The zero-order valence-electron chi connectivity index (χ0n) is 16.4. The van der Waals surface area contributed by atoms with Crippen LogP contribution in [0.4, 0.5) is 0 Å². The van der Waals surface area contributed by atoms with Gasteiger partial charge in [-0.05, 0) is 43.1 Å². The van der Waals surface area contributed by atoms with Gasteiger partial charge in [0.2, 0.25) is 0 Å². The van der Waals surface area contributed by atoms with Crippen LogP contribution in [0.2, 0.25) is 0 Å². The lowest BCUT2D eigenvalue weighted by molar-refractivity contribution is 0.280. The molecule has 0 spiro atoms. The van der Waals surface area contributed by atoms with Crippen molar-refractivity contribution in [2.45, 2.75) is 26.5 Å². The summed E-state index contributed by atoms with van der Waals surface area (Å²) in [4.78, 5) is 0. The van der Waals surface area contributed by atoms with Crippen LogP contribution in [-0.4, -0.2) is 13.7 Å². The van der Waals surface area contributed by atoms with E-state index in [1.54, 1.807) is 7.11 Å². The normalized spacial score (nSPS) is 10.7. The Morgan fingerprint density at radius 2 is 1.71 bits per heavy atom. The Bertz CT molecular complexity index is 896. The molecule has 0 aliphatic heterocycles. The summed E-state index contributed by atoms with van der Waals surface area (Å²) in [5, 5.41) is 3.52. The molecule has 28 heavy (non-hydrogen) atoms. The predicted octanol–water partition coefficient (Wildman–Crippen LogP) is 5.68. The number of hydrogen-bond acceptors (Lipinski definition) is 3. The van der Waals surface area contributed by atoms with Crippen LogP contribution in [-0.2, 0) is 19.6 Å². The minimum Gasteiger partial charge on any atom is -0.493 e. The van der Waals surface area contributed by atoms with Gasteiger partial charge in [0.15, 0.2) is 11.5 Å². The molecule has 3 rings (SSSR count). The van der Waals surface area contributed by atoms with Crippen LogP contribution in [0.1, 0.15) is 22.3 Å². The molecule has 0 aromatic heterocycles. The van der Waals surface area contributed by atoms with Crippen molar-refractivity contribution in [1.29, 1.82) is 0 Å². The molecule has 0 saturated heterocycles. The summed E-state index contributed by atoms with van der Waals surface area (Å²) in [5.41, 5.74) is 4.77. The van der Waals surface area contributed by atoms with E-state index in [1.165, 1.54) is 11.1 Å². The molecule has 0 radical (unpaired) electrons. The van der Waals surface area contributed by atoms with Crippen molar-refractivity contribution in [3.05, 3.63) is 93.5 Å². The summed E-state index contributed by atoms with van der Waals surface area (Å²) in [6, 6.07) is 22.8. The quantitative estimate of drug-likeness (QED) is 0.435. The molecule has 4 heteroatoms. The maximum atomic E-state index is 6.20. The fourth-order valence-corrected chi connectivity index (χ4v) is 3.57. The molecule has 0 heterocycles. The number of halogens is 1. The van der Waals surface area contributed by atoms with Crippen molar-refractivity contribution < 1.29 is 9.47 Å². The molecule has 0 unspecified atom stereocenters. The van der Waals surface area contributed by atoms with Crippen LogP contribution in [0, 0.1) is 6.92 Å². The molecule has 0 aliphatic rings. The van der Waals surface area contributed by atoms with Gasteiger partial charge >= 0.3 is 0 Å². The highest BCUT2D eigenvalue weighted by molar-refractivity contribution is 9.10. The van der Waals surface area contributed by atoms with Gasteiger partial charge < -0.3 is 14.8 Å². The number of methoxy groups -OCH3 is 1. The van der Waals surface area contributed by atoms with Gasteiger partial charge in [-0.15, -0.1) is 0 Å². The van der Waals surface area contributed by atoms with E-state index in [4.69, 9.17) is 9.47 Å². The number of nitrogens with one attached hydrogen (secondary N) is 1. The smallest absolute Gasteiger partial charge is 0.167 e. The highest BCUT2D eigenvalue weighted by atomic mass is 79.9. The van der Waals surface area contributed by atoms with Gasteiger partial charge in [-0.25, -0.2) is 0 Å². The lowest BCUT2D eigenvalue weighted by Crippen LogP contribution is -2.18. The number of hydrogen-bond donors (Lipinski definition) is 1. The lowest BCUT2D eigenvalue weighted by Gasteiger charge is -2.17. The van der Waals surface area contributed by atoms with Crippen molar-refractivity contribution in [2.75, 3.05) is 13.7 Å². The van der Waals surface area contributed by atoms with Gasteiger partial charge in [-0.2, -0.15) is 0 Å². The van der Waals surface area contributed by atoms with Crippen molar-refractivity contribution in [1.82, 2.24) is 5.32 Å². The lowest BCUT2D eigenvalue weighted by atomic mass is 10.1. The van der Waals surface area contributed by atoms with Crippen LogP contribution >= 0.6 is 15.9 Å². The monoisotopic (exact) mass is 439 g/mol. The van der Waals surface area contributed by atoms with Gasteiger partial charge in [-0.1, -0.05) is 76.1 Å². The fraction of sp³-hybridized carbons (Fsp3) is 0.250. The summed E-state index contributed by atoms with van der Waals surface area (Å²) in [6.45, 7) is 4.19. The standard InChI is InChI=1S/C24H26BrNO2/c1-18-7-6-10-20(15-18)17-28-24-21(22(25)11-12-23(24)27-2)16-26-14-13-19-8-4-3-5-9-19/h3-12,15,26H,13-14,16-17H2,1-2H3. The van der Waals surface area contributed by atoms with Crippen molar-refractivity contribution in [3.8, 4) is 11.5 Å². The first kappa shape index (κ1) is 20.4. The molecule has 3 aromatic carbocycles. The zero-order valence-corrected chi connectivity index (χ0v) is 18.0. The molecule has 146 valence electrons. The van der Waals surface area contributed by atoms with Crippen LogP contribution in [0.5, 0.6) is 11.5 Å². The second-order valence-corrected chi connectivity index (χ2v) is 7.60. The fourth-order valence-electron chi connectivity index (χ4n) is 3.11. The van der Waals surface area contributed by atoms with Gasteiger partial charge in [0.1, 0.15) is 6.61 Å². The van der Waals surface area contributed by atoms with Crippen LogP contribution in [0.15, 0.2) is 71.2 Å². The van der Waals surface area contributed by atoms with E-state index in [-0.39, 0.29) is 0 Å². The van der Waals surface area contributed by atoms with Gasteiger partial charge in [-0.3, -0.25) is 0 Å². The third-order valence-corrected chi connectivity index (χ3v) is 5.33. The molecular weight excluding hydrogens is 414 g/mol. The topological polar surface area (TPSA) is 30.5 Å². The van der Waals surface area contributed by atoms with Crippen LogP contribution < -0.4 is 14.8 Å². The van der Waals surface area contributed by atoms with Gasteiger partial charge in [0.05, 0.1) is 7.11 Å². The minimum absolute atomic E-state index is 0.505. The molecule has 1 N–H and O–H groups in total. The molecule has 0 bridgehead atoms. The molecule has 0 atom stereocenters. The molecule has 0 saturated carbocycles. The summed E-state index contributed by atoms with van der Waals surface area (Å²) < 4.78 is 12.8. The highest BCUT2D eigenvalue weighted by Crippen LogP contribution is 2.36. The maximum Gasteiger partial charge on any atom is 0.167 e. The number of aryl methyl sites for hydroxylation is 1. The predicted molar refractivity (Wildman–Crippen MR) is 118 cm³/mol. The van der Waals surface area contributed by atoms with E-state index in [1.807, 2.05) is 18.2 Å². The minimum atomic E-state index is 0.505. The summed E-state index contributed by atoms with van der Waals surface area (Å²) >= 11 is 3.67. The van der Waals surface area contributed by atoms with Gasteiger partial charge in [0.25, 0.3) is 0 Å². The molecule has 0 amide bonds. The second-order valence-electron chi connectivity index (χ2n) is 6.75. The third-order valence-electron chi connectivity index (χ3n) is 4.59. The molecule has 3 aromatic rings. The number of ether oxygens (including phenoxy) is 2. The SMILES string of the molecule is COc1ccc(Br)c(CNCCc2ccccc2)c1OCc1cccc(C)c1. The Morgan fingerprint density at radius 1 is 0.929 bits per heavy atom. The van der Waals surface area contributed by atoms with E-state index in [0.29, 0.717) is 13.2 Å². The molecule has 0 fully saturated rings. The van der Waals surface area contributed by atoms with E-state index in [0.717, 1.165) is 40.1 Å². The maximum absolute atomic E-state index is 6.20. The van der Waals surface area contributed by atoms with Crippen LogP contribution in [0.25, 0.3) is 0 Å². The number of rotatable bonds is 9. The third kappa shape index (κ3) is 5.60. The summed E-state index contributed by atoms with van der Waals surface area (Å²) in [6.07, 6.45) is 0.988. The highest BCUT2D eigenvalue weighted by Gasteiger charge is 2.14. The summed E-state index contributed by atoms with van der Waals surface area (Å²) in [5.74, 6) is 1.53. The largest absolute Gasteiger partial charge is 0.493 e. The first-order chi connectivity index (χ1) is 13.7. The first-order valence-corrected chi connectivity index (χ1v) is 10.2. The van der Waals surface area contributed by atoms with Crippen molar-refractivity contribution >= 4 is 15.9 Å². The van der Waals surface area contributed by atoms with E-state index >= 15 is 0 Å². The Morgan fingerprint density at radius 3 is 2.46 bits per heavy atom. The Labute approximate surface area is 175 Å². The Balaban J connectivity index is 1.68. The second kappa shape index (κ2) is 10.3. The average Bonchev–Trinajstić information content (AvgIpc) is 2.71. The zero-order chi connectivity index (χ0) is 19.8. The van der Waals surface area contributed by atoms with Gasteiger partial charge in [0, 0.05) is 16.6 Å². The average molecular weight is 440 g/mol. The van der Waals surface area contributed by atoms with Crippen LogP contribution in [0.3, 0.4) is 0 Å². The molecular formula is C24H26BrNO2. The summed E-state index contributed by atoms with van der Waals surface area (Å²) in [7, 11) is 1.68. The molecule has 0 aliphatic carbocycles. The van der Waals surface area contributed by atoms with E-state index in [2.05, 4.69) is 76.7 Å². The Hall–Kier alpha value is -2.30. The van der Waals surface area contributed by atoms with Crippen molar-refractivity contribution in [2.24, 2.45) is 0 Å². The Kier molecular flexibility index (Phi) is 7.52. The van der Waals surface area contributed by atoms with E-state index in [9.17, 15) is 0 Å². The van der Waals surface area contributed by atoms with E-state index < -0.39 is 0 Å².